The van der Waals surface area contributed by atoms with E-state index in [0.29, 0.717) is 29.9 Å². The van der Waals surface area contributed by atoms with Gasteiger partial charge >= 0.3 is 5.97 Å². The van der Waals surface area contributed by atoms with Crippen molar-refractivity contribution in [1.29, 1.82) is 0 Å². The summed E-state index contributed by atoms with van der Waals surface area (Å²) in [5.41, 5.74) is 2.41. The van der Waals surface area contributed by atoms with Crippen LogP contribution in [0.25, 0.3) is 0 Å². The number of hydrogen-bond donors (Lipinski definition) is 4. The number of fused-ring (bicyclic) bond motifs is 1. The average molecular weight is 551 g/mol. The highest BCUT2D eigenvalue weighted by Crippen LogP contribution is 2.52. The van der Waals surface area contributed by atoms with E-state index in [1.165, 1.54) is 27.2 Å². The molecule has 4 rings (SSSR count). The lowest BCUT2D eigenvalue weighted by molar-refractivity contribution is -0.415. The minimum Gasteiger partial charge on any atom is -0.504 e. The van der Waals surface area contributed by atoms with Gasteiger partial charge in [0.1, 0.15) is 18.3 Å². The summed E-state index contributed by atoms with van der Waals surface area (Å²) in [4.78, 5) is 22.3. The van der Waals surface area contributed by atoms with Crippen molar-refractivity contribution in [1.82, 2.24) is 0 Å². The van der Waals surface area contributed by atoms with E-state index in [4.69, 9.17) is 33.5 Å². The monoisotopic (exact) mass is 550 g/mol. The number of methoxy groups -OCH3 is 2. The standard InChI is InChI=1S/C27H34O12/c1-14(29)37-26-20(31)13-35-27(23(26)32)39-36-12-18-17-9-15(5-4-8-28)10-22(34-3)25(17)38-24(18)16-6-7-19(30)21(11-16)33-2/h6-7,9-11,18,20,23-24,26-28,30-32H,4-5,8,12-13H2,1-3H3/t18-,20+,23+,24?,26-,27+/m0/s1. The van der Waals surface area contributed by atoms with E-state index in [9.17, 15) is 25.2 Å². The molecule has 4 N–H and O–H groups in total. The highest BCUT2D eigenvalue weighted by Gasteiger charge is 2.43. The number of hydrogen-bond acceptors (Lipinski definition) is 12. The van der Waals surface area contributed by atoms with Gasteiger partial charge in [0.05, 0.1) is 33.4 Å². The molecule has 2 heterocycles. The number of carbonyl (C=O) groups is 1. The topological polar surface area (TPSA) is 163 Å². The number of aromatic hydroxyl groups is 1. The Morgan fingerprint density at radius 2 is 1.87 bits per heavy atom. The Labute approximate surface area is 225 Å². The molecule has 2 aromatic rings. The van der Waals surface area contributed by atoms with Crippen molar-refractivity contribution in [3.63, 3.8) is 0 Å². The molecule has 1 saturated heterocycles. The maximum absolute atomic E-state index is 11.4. The SMILES string of the molecule is COc1cc(C2Oc3c(OC)cc(CCCO)cc3[C@@H]2COO[C@H]2OC[C@@H](O)[C@H](OC(C)=O)[C@H]2O)ccc1O. The molecule has 0 radical (unpaired) electrons. The van der Waals surface area contributed by atoms with Crippen LogP contribution in [-0.2, 0) is 30.5 Å². The first kappa shape index (κ1) is 28.9. The zero-order chi connectivity index (χ0) is 28.1. The molecule has 12 nitrogen and oxygen atoms in total. The van der Waals surface area contributed by atoms with Crippen molar-refractivity contribution in [2.24, 2.45) is 0 Å². The largest absolute Gasteiger partial charge is 0.504 e. The number of aliphatic hydroxyl groups is 3. The molecule has 12 heteroatoms. The van der Waals surface area contributed by atoms with Crippen LogP contribution in [0.2, 0.25) is 0 Å². The fourth-order valence-corrected chi connectivity index (χ4v) is 4.76. The molecule has 214 valence electrons. The first-order valence-electron chi connectivity index (χ1n) is 12.6. The van der Waals surface area contributed by atoms with Gasteiger partial charge < -0.3 is 44.1 Å². The third-order valence-corrected chi connectivity index (χ3v) is 6.67. The van der Waals surface area contributed by atoms with Gasteiger partial charge in [0.2, 0.25) is 6.29 Å². The van der Waals surface area contributed by atoms with Crippen LogP contribution in [0.5, 0.6) is 23.0 Å². The Hall–Kier alpha value is -3.13. The second-order valence-corrected chi connectivity index (χ2v) is 9.33. The second kappa shape index (κ2) is 12.8. The summed E-state index contributed by atoms with van der Waals surface area (Å²) >= 11 is 0. The van der Waals surface area contributed by atoms with Crippen molar-refractivity contribution >= 4 is 5.97 Å². The number of rotatable bonds is 11. The number of phenolic OH excluding ortho intramolecular Hbond substituents is 1. The van der Waals surface area contributed by atoms with Crippen molar-refractivity contribution in [3.05, 3.63) is 47.0 Å². The van der Waals surface area contributed by atoms with Crippen molar-refractivity contribution < 1.29 is 58.7 Å². The van der Waals surface area contributed by atoms with E-state index < -0.39 is 42.6 Å². The fourth-order valence-electron chi connectivity index (χ4n) is 4.76. The van der Waals surface area contributed by atoms with Gasteiger partial charge in [0, 0.05) is 19.1 Å². The first-order valence-corrected chi connectivity index (χ1v) is 12.6. The van der Waals surface area contributed by atoms with Gasteiger partial charge in [0.25, 0.3) is 0 Å². The smallest absolute Gasteiger partial charge is 0.303 e. The molecule has 0 saturated carbocycles. The molecule has 2 aliphatic rings. The number of carbonyl (C=O) groups excluding carboxylic acids is 1. The molecular weight excluding hydrogens is 516 g/mol. The van der Waals surface area contributed by atoms with Crippen LogP contribution in [0.15, 0.2) is 30.3 Å². The number of benzene rings is 2. The van der Waals surface area contributed by atoms with E-state index in [1.807, 2.05) is 12.1 Å². The maximum Gasteiger partial charge on any atom is 0.303 e. The molecular formula is C27H34O12. The van der Waals surface area contributed by atoms with Crippen LogP contribution in [0, 0.1) is 0 Å². The third kappa shape index (κ3) is 6.38. The molecule has 0 spiro atoms. The fraction of sp³-hybridized carbons (Fsp3) is 0.519. The van der Waals surface area contributed by atoms with Crippen molar-refractivity contribution in [3.8, 4) is 23.0 Å². The van der Waals surface area contributed by atoms with Gasteiger partial charge in [-0.15, -0.1) is 0 Å². The molecule has 1 unspecified atom stereocenters. The Morgan fingerprint density at radius 1 is 1.10 bits per heavy atom. The Balaban J connectivity index is 1.58. The van der Waals surface area contributed by atoms with Crippen molar-refractivity contribution in [2.75, 3.05) is 34.0 Å². The number of aryl methyl sites for hydroxylation is 1. The average Bonchev–Trinajstić information content (AvgIpc) is 3.29. The van der Waals surface area contributed by atoms with Crippen LogP contribution < -0.4 is 14.2 Å². The molecule has 6 atom stereocenters. The predicted molar refractivity (Wildman–Crippen MR) is 134 cm³/mol. The minimum atomic E-state index is -1.49. The highest BCUT2D eigenvalue weighted by molar-refractivity contribution is 5.66. The molecule has 2 aromatic carbocycles. The Kier molecular flexibility index (Phi) is 9.49. The number of phenols is 1. The second-order valence-electron chi connectivity index (χ2n) is 9.33. The summed E-state index contributed by atoms with van der Waals surface area (Å²) in [6.07, 6.45) is -4.69. The maximum atomic E-state index is 11.4. The molecule has 0 aromatic heterocycles. The molecule has 0 bridgehead atoms. The van der Waals surface area contributed by atoms with E-state index in [2.05, 4.69) is 0 Å². The van der Waals surface area contributed by atoms with Crippen LogP contribution in [0.4, 0.5) is 0 Å². The normalized spacial score (nSPS) is 26.0. The van der Waals surface area contributed by atoms with Crippen LogP contribution >= 0.6 is 0 Å². The lowest BCUT2D eigenvalue weighted by Gasteiger charge is -2.36. The van der Waals surface area contributed by atoms with E-state index in [-0.39, 0.29) is 31.3 Å². The van der Waals surface area contributed by atoms with Gasteiger partial charge in [0.15, 0.2) is 29.1 Å². The summed E-state index contributed by atoms with van der Waals surface area (Å²) in [6.45, 7) is 0.917. The molecule has 39 heavy (non-hydrogen) atoms. The summed E-state index contributed by atoms with van der Waals surface area (Å²) < 4.78 is 27.6. The highest BCUT2D eigenvalue weighted by atomic mass is 17.2. The summed E-state index contributed by atoms with van der Waals surface area (Å²) in [5, 5.41) is 40.0. The zero-order valence-corrected chi connectivity index (χ0v) is 21.9. The molecule has 0 aliphatic carbocycles. The van der Waals surface area contributed by atoms with E-state index in [1.54, 1.807) is 12.1 Å². The lowest BCUT2D eigenvalue weighted by atomic mass is 9.90. The molecule has 0 amide bonds. The lowest BCUT2D eigenvalue weighted by Crippen LogP contribution is -2.55. The first-order chi connectivity index (χ1) is 18.8. The molecule has 1 fully saturated rings. The quantitative estimate of drug-likeness (QED) is 0.182. The van der Waals surface area contributed by atoms with Gasteiger partial charge in [-0.25, -0.2) is 9.78 Å². The minimum absolute atomic E-state index is 0.0234. The zero-order valence-electron chi connectivity index (χ0n) is 21.9. The summed E-state index contributed by atoms with van der Waals surface area (Å²) in [6, 6.07) is 8.69. The van der Waals surface area contributed by atoms with Crippen LogP contribution in [0.3, 0.4) is 0 Å². The number of ether oxygens (including phenoxy) is 5. The van der Waals surface area contributed by atoms with Crippen LogP contribution in [-0.4, -0.2) is 85.0 Å². The Morgan fingerprint density at radius 3 is 2.56 bits per heavy atom. The predicted octanol–water partition coefficient (Wildman–Crippen LogP) is 1.51. The van der Waals surface area contributed by atoms with Gasteiger partial charge in [-0.2, -0.15) is 0 Å². The van der Waals surface area contributed by atoms with E-state index in [0.717, 1.165) is 11.1 Å². The van der Waals surface area contributed by atoms with Crippen LogP contribution in [0.1, 0.15) is 42.1 Å². The molecule has 2 aliphatic heterocycles. The summed E-state index contributed by atoms with van der Waals surface area (Å²) in [5.74, 6) is 0.175. The number of esters is 1. The summed E-state index contributed by atoms with van der Waals surface area (Å²) in [7, 11) is 2.99. The van der Waals surface area contributed by atoms with Gasteiger partial charge in [-0.3, -0.25) is 4.79 Å². The Bertz CT molecular complexity index is 1140. The van der Waals surface area contributed by atoms with Crippen molar-refractivity contribution in [2.45, 2.75) is 56.4 Å². The number of aliphatic hydroxyl groups excluding tert-OH is 3. The third-order valence-electron chi connectivity index (χ3n) is 6.67. The van der Waals surface area contributed by atoms with E-state index >= 15 is 0 Å². The van der Waals surface area contributed by atoms with Gasteiger partial charge in [-0.1, -0.05) is 12.1 Å². The van der Waals surface area contributed by atoms with Gasteiger partial charge in [-0.05, 0) is 42.2 Å².